The number of rotatable bonds is 3. The fourth-order valence-electron chi connectivity index (χ4n) is 1.21. The topological polar surface area (TPSA) is 83.5 Å². The lowest BCUT2D eigenvalue weighted by Gasteiger charge is -2.12. The number of benzene rings is 1. The largest absolute Gasteiger partial charge is 0.478 e. The molecule has 0 heterocycles. The Hall–Kier alpha value is -2.09. The molecule has 102 valence electrons. The van der Waals surface area contributed by atoms with Gasteiger partial charge in [0, 0.05) is 0 Å². The molecule has 0 atom stereocenters. The van der Waals surface area contributed by atoms with Crippen LogP contribution in [0.1, 0.15) is 20.7 Å². The summed E-state index contributed by atoms with van der Waals surface area (Å²) in [6.45, 7) is 0. The predicted molar refractivity (Wildman–Crippen MR) is 58.3 cm³/mol. The molecule has 1 aromatic rings. The number of aromatic carboxylic acids is 1. The summed E-state index contributed by atoms with van der Waals surface area (Å²) in [6, 6.07) is 3.04. The number of alkyl halides is 3. The first kappa shape index (κ1) is 15.0. The van der Waals surface area contributed by atoms with E-state index in [0.717, 1.165) is 18.2 Å². The van der Waals surface area contributed by atoms with Gasteiger partial charge in [-0.3, -0.25) is 9.59 Å². The van der Waals surface area contributed by atoms with Gasteiger partial charge in [0.05, 0.1) is 16.8 Å². The summed E-state index contributed by atoms with van der Waals surface area (Å²) >= 11 is 5.12. The monoisotopic (exact) mass is 295 g/mol. The van der Waals surface area contributed by atoms with Crippen molar-refractivity contribution in [2.75, 3.05) is 5.32 Å². The third-order valence-electron chi connectivity index (χ3n) is 2.00. The Morgan fingerprint density at radius 1 is 1.16 bits per heavy atom. The van der Waals surface area contributed by atoms with Gasteiger partial charge in [0.25, 0.3) is 5.24 Å². The molecule has 0 bridgehead atoms. The molecule has 9 heteroatoms. The molecule has 0 aromatic heterocycles. The number of nitrogens with one attached hydrogen (secondary N) is 1. The van der Waals surface area contributed by atoms with Crippen LogP contribution in [0.2, 0.25) is 0 Å². The van der Waals surface area contributed by atoms with Crippen LogP contribution < -0.4 is 5.32 Å². The number of para-hydroxylation sites is 1. The van der Waals surface area contributed by atoms with E-state index in [0.29, 0.717) is 0 Å². The van der Waals surface area contributed by atoms with E-state index in [1.807, 2.05) is 0 Å². The molecule has 0 aliphatic heterocycles. The average molecular weight is 296 g/mol. The fraction of sp³-hybridized carbons (Fsp3) is 0.100. The van der Waals surface area contributed by atoms with Crippen LogP contribution in [0, 0.1) is 0 Å². The van der Waals surface area contributed by atoms with Crippen LogP contribution in [0.4, 0.5) is 18.9 Å². The molecule has 0 saturated heterocycles. The first-order valence-corrected chi connectivity index (χ1v) is 4.96. The number of amides is 1. The molecule has 2 N–H and O–H groups in total. The molecule has 19 heavy (non-hydrogen) atoms. The highest BCUT2D eigenvalue weighted by Gasteiger charge is 2.39. The number of carboxylic acids is 1. The second kappa shape index (κ2) is 5.27. The second-order valence-corrected chi connectivity index (χ2v) is 3.60. The maximum Gasteiger partial charge on any atom is 0.471 e. The number of hydrogen-bond donors (Lipinski definition) is 2. The van der Waals surface area contributed by atoms with Crippen LogP contribution in [0.5, 0.6) is 0 Å². The zero-order chi connectivity index (χ0) is 14.8. The second-order valence-electron chi connectivity index (χ2n) is 3.26. The van der Waals surface area contributed by atoms with Gasteiger partial charge in [-0.05, 0) is 23.7 Å². The minimum atomic E-state index is -5.22. The zero-order valence-electron chi connectivity index (χ0n) is 8.92. The molecule has 1 aromatic carbocycles. The van der Waals surface area contributed by atoms with Gasteiger partial charge in [0.15, 0.2) is 0 Å². The molecule has 0 saturated carbocycles. The van der Waals surface area contributed by atoms with E-state index in [4.69, 9.17) is 16.7 Å². The van der Waals surface area contributed by atoms with E-state index in [1.54, 1.807) is 0 Å². The minimum Gasteiger partial charge on any atom is -0.478 e. The van der Waals surface area contributed by atoms with E-state index in [9.17, 15) is 27.6 Å². The molecule has 0 spiro atoms. The van der Waals surface area contributed by atoms with Crippen molar-refractivity contribution in [1.82, 2.24) is 0 Å². The van der Waals surface area contributed by atoms with Crippen LogP contribution in [0.25, 0.3) is 0 Å². The maximum absolute atomic E-state index is 12.1. The number of carboxylic acid groups (broad SMARTS) is 1. The average Bonchev–Trinajstić information content (AvgIpc) is 2.27. The predicted octanol–water partition coefficient (Wildman–Crippen LogP) is 2.26. The van der Waals surface area contributed by atoms with Crippen molar-refractivity contribution in [3.8, 4) is 0 Å². The molecule has 5 nitrogen and oxygen atoms in total. The molecule has 1 rings (SSSR count). The molecule has 0 unspecified atom stereocenters. The normalized spacial score (nSPS) is 10.9. The SMILES string of the molecule is O=C(O)c1cccc(C(=O)Cl)c1NC(=O)C(F)(F)F. The molecule has 1 amide bonds. The summed E-state index contributed by atoms with van der Waals surface area (Å²) < 4.78 is 36.4. The number of carbonyl (C=O) groups excluding carboxylic acids is 2. The van der Waals surface area contributed by atoms with Crippen LogP contribution in [-0.4, -0.2) is 28.4 Å². The van der Waals surface area contributed by atoms with Crippen molar-refractivity contribution < 1.29 is 32.7 Å². The Kier molecular flexibility index (Phi) is 4.15. The summed E-state index contributed by atoms with van der Waals surface area (Å²) in [7, 11) is 0. The molecule has 0 aliphatic rings. The highest BCUT2D eigenvalue weighted by Crippen LogP contribution is 2.26. The first-order valence-electron chi connectivity index (χ1n) is 4.59. The van der Waals surface area contributed by atoms with Crippen molar-refractivity contribution in [2.24, 2.45) is 0 Å². The third kappa shape index (κ3) is 3.44. The number of halogens is 4. The minimum absolute atomic E-state index is 0.542. The van der Waals surface area contributed by atoms with E-state index < -0.39 is 40.1 Å². The zero-order valence-corrected chi connectivity index (χ0v) is 9.67. The number of hydrogen-bond acceptors (Lipinski definition) is 3. The van der Waals surface area contributed by atoms with Crippen LogP contribution in [0.15, 0.2) is 18.2 Å². The molecule has 0 radical (unpaired) electrons. The quantitative estimate of drug-likeness (QED) is 0.838. The summed E-state index contributed by atoms with van der Waals surface area (Å²) in [5, 5.41) is 8.94. The first-order chi connectivity index (χ1) is 8.64. The van der Waals surface area contributed by atoms with Crippen LogP contribution >= 0.6 is 11.6 Å². The molecular weight excluding hydrogens is 291 g/mol. The molecular formula is C10H5ClF3NO4. The van der Waals surface area contributed by atoms with Gasteiger partial charge in [0.2, 0.25) is 0 Å². The lowest BCUT2D eigenvalue weighted by Crippen LogP contribution is -2.31. The standard InChI is InChI=1S/C10H5ClF3NO4/c11-7(16)4-2-1-3-5(8(17)18)6(4)15-9(19)10(12,13)14/h1-3H,(H,15,19)(H,17,18). The highest BCUT2D eigenvalue weighted by molar-refractivity contribution is 6.68. The Balaban J connectivity index is 3.34. The van der Waals surface area contributed by atoms with Crippen molar-refractivity contribution in [1.29, 1.82) is 0 Å². The summed E-state index contributed by atoms with van der Waals surface area (Å²) in [5.74, 6) is -4.02. The summed E-state index contributed by atoms with van der Waals surface area (Å²) in [4.78, 5) is 32.7. The van der Waals surface area contributed by atoms with E-state index in [1.165, 1.54) is 5.32 Å². The van der Waals surface area contributed by atoms with Crippen LogP contribution in [0.3, 0.4) is 0 Å². The van der Waals surface area contributed by atoms with Gasteiger partial charge in [-0.25, -0.2) is 4.79 Å². The maximum atomic E-state index is 12.1. The van der Waals surface area contributed by atoms with E-state index in [-0.39, 0.29) is 0 Å². The smallest absolute Gasteiger partial charge is 0.471 e. The lowest BCUT2D eigenvalue weighted by atomic mass is 10.1. The highest BCUT2D eigenvalue weighted by atomic mass is 35.5. The Bertz CT molecular complexity index is 524. The van der Waals surface area contributed by atoms with Crippen LogP contribution in [-0.2, 0) is 4.79 Å². The van der Waals surface area contributed by atoms with Gasteiger partial charge in [-0.15, -0.1) is 0 Å². The van der Waals surface area contributed by atoms with E-state index >= 15 is 0 Å². The lowest BCUT2D eigenvalue weighted by molar-refractivity contribution is -0.167. The summed E-state index contributed by atoms with van der Waals surface area (Å²) in [5.41, 5.74) is -2.01. The van der Waals surface area contributed by atoms with Gasteiger partial charge in [-0.1, -0.05) is 6.07 Å². The van der Waals surface area contributed by atoms with Gasteiger partial charge >= 0.3 is 18.1 Å². The molecule has 0 aliphatic carbocycles. The summed E-state index contributed by atoms with van der Waals surface area (Å²) in [6.07, 6.45) is -5.22. The number of carbonyl (C=O) groups is 3. The number of anilines is 1. The van der Waals surface area contributed by atoms with Crippen molar-refractivity contribution >= 4 is 34.4 Å². The molecule has 0 fully saturated rings. The van der Waals surface area contributed by atoms with E-state index in [2.05, 4.69) is 0 Å². The van der Waals surface area contributed by atoms with Crippen molar-refractivity contribution in [3.05, 3.63) is 29.3 Å². The Morgan fingerprint density at radius 2 is 1.68 bits per heavy atom. The van der Waals surface area contributed by atoms with Gasteiger partial charge in [-0.2, -0.15) is 13.2 Å². The van der Waals surface area contributed by atoms with Crippen molar-refractivity contribution in [2.45, 2.75) is 6.18 Å². The Labute approximate surface area is 109 Å². The fourth-order valence-corrected chi connectivity index (χ4v) is 1.37. The third-order valence-corrected chi connectivity index (χ3v) is 2.21. The Morgan fingerprint density at radius 3 is 2.11 bits per heavy atom. The van der Waals surface area contributed by atoms with Gasteiger partial charge < -0.3 is 10.4 Å². The van der Waals surface area contributed by atoms with Gasteiger partial charge in [0.1, 0.15) is 0 Å². The van der Waals surface area contributed by atoms with Crippen molar-refractivity contribution in [3.63, 3.8) is 0 Å².